The third-order valence-corrected chi connectivity index (χ3v) is 2.81. The molecular formula is C14H15NO2. The van der Waals surface area contributed by atoms with Crippen molar-refractivity contribution >= 4 is 22.9 Å². The van der Waals surface area contributed by atoms with Gasteiger partial charge in [0.25, 0.3) is 0 Å². The average molecular weight is 229 g/mol. The molecule has 0 bridgehead atoms. The van der Waals surface area contributed by atoms with Gasteiger partial charge in [0.05, 0.1) is 0 Å². The second kappa shape index (κ2) is 4.87. The van der Waals surface area contributed by atoms with Gasteiger partial charge in [-0.05, 0) is 31.1 Å². The first-order valence-electron chi connectivity index (χ1n) is 5.64. The number of para-hydroxylation sites is 1. The lowest BCUT2D eigenvalue weighted by Crippen LogP contribution is -1.91. The molecule has 1 aromatic heterocycles. The molecule has 0 radical (unpaired) electrons. The summed E-state index contributed by atoms with van der Waals surface area (Å²) in [6.45, 7) is 2.07. The standard InChI is InChI=1S/C14H15NO2/c1-10-11-6-2-3-8-13(11)15-12(10)7-4-5-9-14(16)17/h2-4,6-8,15H,5,9H2,1H3,(H,16,17). The minimum absolute atomic E-state index is 0.176. The number of carboxylic acids is 1. The first kappa shape index (κ1) is 11.5. The molecule has 2 aromatic rings. The summed E-state index contributed by atoms with van der Waals surface area (Å²) >= 11 is 0. The fraction of sp³-hybridized carbons (Fsp3) is 0.214. The number of allylic oxidation sites excluding steroid dienone is 1. The number of aliphatic carboxylic acids is 1. The summed E-state index contributed by atoms with van der Waals surface area (Å²) in [6, 6.07) is 8.13. The van der Waals surface area contributed by atoms with E-state index in [1.807, 2.05) is 30.4 Å². The van der Waals surface area contributed by atoms with Crippen LogP contribution in [0.25, 0.3) is 17.0 Å². The zero-order valence-electron chi connectivity index (χ0n) is 9.73. The number of hydrogen-bond donors (Lipinski definition) is 2. The van der Waals surface area contributed by atoms with Crippen LogP contribution >= 0.6 is 0 Å². The van der Waals surface area contributed by atoms with Gasteiger partial charge in [0.15, 0.2) is 0 Å². The lowest BCUT2D eigenvalue weighted by Gasteiger charge is -1.91. The molecule has 3 heteroatoms. The van der Waals surface area contributed by atoms with Gasteiger partial charge in [-0.3, -0.25) is 4.79 Å². The van der Waals surface area contributed by atoms with Crippen LogP contribution in [0.4, 0.5) is 0 Å². The van der Waals surface area contributed by atoms with E-state index in [9.17, 15) is 4.79 Å². The van der Waals surface area contributed by atoms with Crippen LogP contribution in [-0.2, 0) is 4.79 Å². The second-order valence-electron chi connectivity index (χ2n) is 4.04. The Morgan fingerprint density at radius 2 is 2.18 bits per heavy atom. The van der Waals surface area contributed by atoms with Crippen molar-refractivity contribution in [2.75, 3.05) is 0 Å². The molecule has 0 unspecified atom stereocenters. The molecule has 1 aromatic carbocycles. The molecule has 0 aliphatic rings. The average Bonchev–Trinajstić information content (AvgIpc) is 2.63. The molecule has 0 atom stereocenters. The zero-order valence-corrected chi connectivity index (χ0v) is 9.73. The quantitative estimate of drug-likeness (QED) is 0.844. The molecule has 0 fully saturated rings. The number of benzene rings is 1. The van der Waals surface area contributed by atoms with E-state index in [0.717, 1.165) is 11.2 Å². The molecule has 0 aliphatic carbocycles. The number of aromatic nitrogens is 1. The summed E-state index contributed by atoms with van der Waals surface area (Å²) in [5, 5.41) is 9.75. The molecule has 0 saturated carbocycles. The molecule has 0 saturated heterocycles. The van der Waals surface area contributed by atoms with Crippen LogP contribution in [0, 0.1) is 6.92 Å². The van der Waals surface area contributed by atoms with Crippen LogP contribution in [-0.4, -0.2) is 16.1 Å². The molecule has 88 valence electrons. The SMILES string of the molecule is Cc1c(C=CCCC(=O)O)[nH]c2ccccc12. The lowest BCUT2D eigenvalue weighted by atomic mass is 10.1. The number of carbonyl (C=O) groups is 1. The van der Waals surface area contributed by atoms with Gasteiger partial charge < -0.3 is 10.1 Å². The maximum absolute atomic E-state index is 10.4. The number of aromatic amines is 1. The second-order valence-corrected chi connectivity index (χ2v) is 4.04. The summed E-state index contributed by atoms with van der Waals surface area (Å²) in [4.78, 5) is 13.7. The number of fused-ring (bicyclic) bond motifs is 1. The van der Waals surface area contributed by atoms with E-state index < -0.39 is 5.97 Å². The Labute approximate surface area is 99.8 Å². The number of carboxylic acid groups (broad SMARTS) is 1. The third-order valence-electron chi connectivity index (χ3n) is 2.81. The smallest absolute Gasteiger partial charge is 0.303 e. The van der Waals surface area contributed by atoms with Crippen molar-refractivity contribution in [2.45, 2.75) is 19.8 Å². The molecular weight excluding hydrogens is 214 g/mol. The molecule has 2 rings (SSSR count). The van der Waals surface area contributed by atoms with Crippen LogP contribution in [0.5, 0.6) is 0 Å². The molecule has 0 aliphatic heterocycles. The van der Waals surface area contributed by atoms with Crippen LogP contribution in [0.15, 0.2) is 30.3 Å². The highest BCUT2D eigenvalue weighted by Gasteiger charge is 2.03. The summed E-state index contributed by atoms with van der Waals surface area (Å²) < 4.78 is 0. The third kappa shape index (κ3) is 2.56. The Balaban J connectivity index is 2.19. The predicted octanol–water partition coefficient (Wildman–Crippen LogP) is 3.35. The van der Waals surface area contributed by atoms with Crippen LogP contribution < -0.4 is 0 Å². The largest absolute Gasteiger partial charge is 0.481 e. The molecule has 0 spiro atoms. The van der Waals surface area contributed by atoms with Crippen molar-refractivity contribution in [1.82, 2.24) is 4.98 Å². The number of rotatable bonds is 4. The summed E-state index contributed by atoms with van der Waals surface area (Å²) in [5.74, 6) is -0.761. The van der Waals surface area contributed by atoms with Gasteiger partial charge in [0.1, 0.15) is 0 Å². The van der Waals surface area contributed by atoms with Crippen molar-refractivity contribution in [2.24, 2.45) is 0 Å². The Bertz CT molecular complexity index is 567. The normalized spacial score (nSPS) is 11.4. The van der Waals surface area contributed by atoms with Gasteiger partial charge in [-0.1, -0.05) is 24.3 Å². The summed E-state index contributed by atoms with van der Waals surface area (Å²) in [6.07, 6.45) is 4.59. The first-order valence-corrected chi connectivity index (χ1v) is 5.64. The van der Waals surface area contributed by atoms with Gasteiger partial charge in [-0.25, -0.2) is 0 Å². The summed E-state index contributed by atoms with van der Waals surface area (Å²) in [7, 11) is 0. The first-order chi connectivity index (χ1) is 8.18. The van der Waals surface area contributed by atoms with Gasteiger partial charge >= 0.3 is 5.97 Å². The number of H-pyrrole nitrogens is 1. The van der Waals surface area contributed by atoms with Crippen LogP contribution in [0.1, 0.15) is 24.1 Å². The Kier molecular flexibility index (Phi) is 3.28. The summed E-state index contributed by atoms with van der Waals surface area (Å²) in [5.41, 5.74) is 3.37. The van der Waals surface area contributed by atoms with Crippen molar-refractivity contribution in [1.29, 1.82) is 0 Å². The van der Waals surface area contributed by atoms with E-state index >= 15 is 0 Å². The highest BCUT2D eigenvalue weighted by Crippen LogP contribution is 2.22. The Hall–Kier alpha value is -2.03. The number of nitrogens with one attached hydrogen (secondary N) is 1. The maximum Gasteiger partial charge on any atom is 0.303 e. The van der Waals surface area contributed by atoms with Crippen molar-refractivity contribution < 1.29 is 9.90 Å². The Morgan fingerprint density at radius 1 is 1.41 bits per heavy atom. The van der Waals surface area contributed by atoms with Crippen LogP contribution in [0.2, 0.25) is 0 Å². The van der Waals surface area contributed by atoms with E-state index in [0.29, 0.717) is 6.42 Å². The Morgan fingerprint density at radius 3 is 2.88 bits per heavy atom. The van der Waals surface area contributed by atoms with E-state index in [-0.39, 0.29) is 6.42 Å². The number of hydrogen-bond acceptors (Lipinski definition) is 1. The topological polar surface area (TPSA) is 53.1 Å². The molecule has 0 amide bonds. The minimum atomic E-state index is -0.761. The van der Waals surface area contributed by atoms with Crippen molar-refractivity contribution in [3.63, 3.8) is 0 Å². The van der Waals surface area contributed by atoms with E-state index in [4.69, 9.17) is 5.11 Å². The zero-order chi connectivity index (χ0) is 12.3. The fourth-order valence-corrected chi connectivity index (χ4v) is 1.88. The number of aryl methyl sites for hydroxylation is 1. The monoisotopic (exact) mass is 229 g/mol. The lowest BCUT2D eigenvalue weighted by molar-refractivity contribution is -0.136. The minimum Gasteiger partial charge on any atom is -0.481 e. The van der Waals surface area contributed by atoms with Gasteiger partial charge in [0.2, 0.25) is 0 Å². The highest BCUT2D eigenvalue weighted by atomic mass is 16.4. The van der Waals surface area contributed by atoms with Gasteiger partial charge in [0, 0.05) is 23.0 Å². The highest BCUT2D eigenvalue weighted by molar-refractivity contribution is 5.86. The molecule has 17 heavy (non-hydrogen) atoms. The van der Waals surface area contributed by atoms with Gasteiger partial charge in [-0.15, -0.1) is 0 Å². The van der Waals surface area contributed by atoms with Crippen molar-refractivity contribution in [3.8, 4) is 0 Å². The van der Waals surface area contributed by atoms with E-state index in [2.05, 4.69) is 18.0 Å². The van der Waals surface area contributed by atoms with E-state index in [1.54, 1.807) is 0 Å². The van der Waals surface area contributed by atoms with Crippen LogP contribution in [0.3, 0.4) is 0 Å². The van der Waals surface area contributed by atoms with E-state index in [1.165, 1.54) is 10.9 Å². The molecule has 3 nitrogen and oxygen atoms in total. The molecule has 2 N–H and O–H groups in total. The predicted molar refractivity (Wildman–Crippen MR) is 68.9 cm³/mol. The maximum atomic E-state index is 10.4. The fourth-order valence-electron chi connectivity index (χ4n) is 1.88. The van der Waals surface area contributed by atoms with Gasteiger partial charge in [-0.2, -0.15) is 0 Å². The van der Waals surface area contributed by atoms with Crippen molar-refractivity contribution in [3.05, 3.63) is 41.6 Å². The molecule has 1 heterocycles.